The Hall–Kier alpha value is -4.50. The molecule has 3 unspecified atom stereocenters. The smallest absolute Gasteiger partial charge is 0.0318 e. The molecule has 0 fully saturated rings. The van der Waals surface area contributed by atoms with Crippen LogP contribution in [0.4, 0.5) is 0 Å². The minimum atomic E-state index is 0.359. The number of unbranched alkanes of at least 4 members (excludes halogenated alkanes) is 1. The van der Waals surface area contributed by atoms with Gasteiger partial charge in [-0.1, -0.05) is 157 Å². The van der Waals surface area contributed by atoms with Gasteiger partial charge in [-0.3, -0.25) is 0 Å². The van der Waals surface area contributed by atoms with E-state index in [0.717, 1.165) is 70.4 Å². The first-order valence-electron chi connectivity index (χ1n) is 21.6. The monoisotopic (exact) mass is 743 g/mol. The topological polar surface area (TPSA) is 38.0 Å². The summed E-state index contributed by atoms with van der Waals surface area (Å²) in [5.74, 6) is 1.32. The quantitative estimate of drug-likeness (QED) is 0.0907. The number of allylic oxidation sites excluding steroid dienone is 13. The van der Waals surface area contributed by atoms with Crippen LogP contribution in [0.1, 0.15) is 108 Å². The average Bonchev–Trinajstić information content (AvgIpc) is 3.24. The number of nitrogens with one attached hydrogen (secondary N) is 1. The SMILES string of the molecule is C=C/C=C(CCCC1=CC(CCCCN)=CCC1)/C(C)=c1\cccc\c1=C(\CNC1C=CCC2CCC=CC21)C1=CC=C(C/C=C\c2ccccc2C=C)CC1. The molecule has 3 atom stereocenters. The summed E-state index contributed by atoms with van der Waals surface area (Å²) in [6.45, 7) is 12.1. The lowest BCUT2D eigenvalue weighted by Crippen LogP contribution is -2.42. The van der Waals surface area contributed by atoms with E-state index < -0.39 is 0 Å². The number of hydrogen-bond acceptors (Lipinski definition) is 2. The average molecular weight is 743 g/mol. The van der Waals surface area contributed by atoms with Crippen LogP contribution < -0.4 is 21.5 Å². The first kappa shape index (κ1) is 41.1. The molecule has 0 saturated heterocycles. The molecule has 3 N–H and O–H groups in total. The number of rotatable bonds is 18. The second kappa shape index (κ2) is 21.7. The third kappa shape index (κ3) is 11.3. The summed E-state index contributed by atoms with van der Waals surface area (Å²) in [6.07, 6.45) is 46.2. The highest BCUT2D eigenvalue weighted by atomic mass is 14.9. The minimum absolute atomic E-state index is 0.359. The second-order valence-electron chi connectivity index (χ2n) is 16.2. The van der Waals surface area contributed by atoms with E-state index in [4.69, 9.17) is 5.73 Å². The Balaban J connectivity index is 1.29. The fourth-order valence-electron chi connectivity index (χ4n) is 9.19. The van der Waals surface area contributed by atoms with Crippen LogP contribution in [0.5, 0.6) is 0 Å². The molecule has 0 aliphatic heterocycles. The van der Waals surface area contributed by atoms with Gasteiger partial charge < -0.3 is 11.1 Å². The first-order valence-corrected chi connectivity index (χ1v) is 21.6. The Morgan fingerprint density at radius 2 is 1.70 bits per heavy atom. The molecule has 56 heavy (non-hydrogen) atoms. The van der Waals surface area contributed by atoms with E-state index in [-0.39, 0.29) is 0 Å². The van der Waals surface area contributed by atoms with Crippen molar-refractivity contribution in [3.05, 3.63) is 178 Å². The highest BCUT2D eigenvalue weighted by molar-refractivity contribution is 5.71. The van der Waals surface area contributed by atoms with Gasteiger partial charge in [-0.25, -0.2) is 0 Å². The number of fused-ring (bicyclic) bond motifs is 1. The van der Waals surface area contributed by atoms with Crippen LogP contribution >= 0.6 is 0 Å². The molecule has 6 rings (SSSR count). The van der Waals surface area contributed by atoms with Crippen LogP contribution in [0.15, 0.2) is 156 Å². The summed E-state index contributed by atoms with van der Waals surface area (Å²) < 4.78 is 0. The summed E-state index contributed by atoms with van der Waals surface area (Å²) >= 11 is 0. The summed E-state index contributed by atoms with van der Waals surface area (Å²) in [5.41, 5.74) is 18.4. The Labute approximate surface area is 338 Å². The zero-order chi connectivity index (χ0) is 39.0. The van der Waals surface area contributed by atoms with Gasteiger partial charge in [-0.2, -0.15) is 0 Å². The lowest BCUT2D eigenvalue weighted by Gasteiger charge is -2.36. The van der Waals surface area contributed by atoms with Crippen LogP contribution in [0.25, 0.3) is 23.3 Å². The molecule has 2 aromatic rings. The zero-order valence-electron chi connectivity index (χ0n) is 34.2. The number of nitrogens with two attached hydrogens (primary N) is 1. The maximum atomic E-state index is 5.76. The number of benzene rings is 2. The van der Waals surface area contributed by atoms with Gasteiger partial charge in [0, 0.05) is 12.6 Å². The molecule has 0 amide bonds. The van der Waals surface area contributed by atoms with E-state index in [0.29, 0.717) is 12.0 Å². The molecule has 0 heterocycles. The summed E-state index contributed by atoms with van der Waals surface area (Å²) in [5, 5.41) is 6.79. The zero-order valence-corrected chi connectivity index (χ0v) is 34.2. The van der Waals surface area contributed by atoms with Gasteiger partial charge in [0.05, 0.1) is 0 Å². The first-order chi connectivity index (χ1) is 27.6. The van der Waals surface area contributed by atoms with E-state index >= 15 is 0 Å². The predicted molar refractivity (Wildman–Crippen MR) is 245 cm³/mol. The van der Waals surface area contributed by atoms with Gasteiger partial charge >= 0.3 is 0 Å². The molecule has 0 radical (unpaired) electrons. The van der Waals surface area contributed by atoms with Crippen molar-refractivity contribution >= 4 is 23.3 Å². The van der Waals surface area contributed by atoms with Crippen LogP contribution in [0.3, 0.4) is 0 Å². The fraction of sp³-hybridized carbons (Fsp3) is 0.370. The van der Waals surface area contributed by atoms with Crippen LogP contribution in [-0.2, 0) is 0 Å². The van der Waals surface area contributed by atoms with E-state index in [1.54, 1.807) is 5.57 Å². The van der Waals surface area contributed by atoms with E-state index in [2.05, 4.69) is 141 Å². The van der Waals surface area contributed by atoms with Gasteiger partial charge in [0.25, 0.3) is 0 Å². The Morgan fingerprint density at radius 1 is 0.857 bits per heavy atom. The molecule has 2 aromatic carbocycles. The van der Waals surface area contributed by atoms with Crippen molar-refractivity contribution < 1.29 is 0 Å². The van der Waals surface area contributed by atoms with Crippen LogP contribution in [0, 0.1) is 11.8 Å². The molecule has 4 aliphatic carbocycles. The van der Waals surface area contributed by atoms with Crippen molar-refractivity contribution in [3.8, 4) is 0 Å². The van der Waals surface area contributed by atoms with Gasteiger partial charge in [-0.05, 0) is 159 Å². The Bertz CT molecular complexity index is 2050. The van der Waals surface area contributed by atoms with Crippen molar-refractivity contribution in [2.24, 2.45) is 17.6 Å². The van der Waals surface area contributed by atoms with Crippen molar-refractivity contribution in [1.82, 2.24) is 5.32 Å². The van der Waals surface area contributed by atoms with Gasteiger partial charge in [-0.15, -0.1) is 0 Å². The standard InChI is InChI=1S/C54H66N2/c1-4-18-46(27-16-23-44-22-14-21-43(39-44)19-12-13-38-55)41(3)50-30-10-11-32-52(50)53(40-56-54-33-17-29-48-26-8-9-31-51(48)54)49-36-34-42(35-37-49)20-15-28-47-25-7-6-24-45(47)5-2/h4-7,9-11,15,17-18,21,24-25,28,30-34,36,39,48,51,54,56H,1-2,8,12-14,16,19-20,22-23,26-27,29,35,37-38,40,55H2,3H3/b28-15-,46-18+,50-41+,53-52+. The van der Waals surface area contributed by atoms with E-state index in [1.807, 2.05) is 12.2 Å². The molecular weight excluding hydrogens is 677 g/mol. The molecule has 292 valence electrons. The molecule has 0 bridgehead atoms. The normalized spacial score (nSPS) is 22.1. The van der Waals surface area contributed by atoms with Gasteiger partial charge in [0.2, 0.25) is 0 Å². The molecule has 4 aliphatic rings. The van der Waals surface area contributed by atoms with Crippen molar-refractivity contribution in [2.75, 3.05) is 13.1 Å². The maximum absolute atomic E-state index is 5.76. The van der Waals surface area contributed by atoms with E-state index in [1.165, 1.54) is 93.5 Å². The van der Waals surface area contributed by atoms with Crippen LogP contribution in [0.2, 0.25) is 0 Å². The maximum Gasteiger partial charge on any atom is 0.0318 e. The second-order valence-corrected chi connectivity index (χ2v) is 16.2. The van der Waals surface area contributed by atoms with E-state index in [9.17, 15) is 0 Å². The minimum Gasteiger partial charge on any atom is -0.330 e. The Morgan fingerprint density at radius 3 is 2.50 bits per heavy atom. The lowest BCUT2D eigenvalue weighted by atomic mass is 9.74. The van der Waals surface area contributed by atoms with Crippen molar-refractivity contribution in [2.45, 2.75) is 103 Å². The number of hydrogen-bond donors (Lipinski definition) is 2. The third-order valence-electron chi connectivity index (χ3n) is 12.4. The van der Waals surface area contributed by atoms with Crippen molar-refractivity contribution in [1.29, 1.82) is 0 Å². The Kier molecular flexibility index (Phi) is 15.9. The van der Waals surface area contributed by atoms with Gasteiger partial charge in [0.15, 0.2) is 0 Å². The summed E-state index contributed by atoms with van der Waals surface area (Å²) in [6, 6.07) is 18.0. The lowest BCUT2D eigenvalue weighted by molar-refractivity contribution is 0.297. The molecule has 2 nitrogen and oxygen atoms in total. The highest BCUT2D eigenvalue weighted by Crippen LogP contribution is 2.35. The van der Waals surface area contributed by atoms with Crippen LogP contribution in [-0.4, -0.2) is 19.1 Å². The van der Waals surface area contributed by atoms with Gasteiger partial charge in [0.1, 0.15) is 0 Å². The molecule has 2 heteroatoms. The van der Waals surface area contributed by atoms with Crippen molar-refractivity contribution in [3.63, 3.8) is 0 Å². The molecule has 0 saturated carbocycles. The molecule has 0 spiro atoms. The largest absolute Gasteiger partial charge is 0.330 e. The third-order valence-corrected chi connectivity index (χ3v) is 12.4. The summed E-state index contributed by atoms with van der Waals surface area (Å²) in [7, 11) is 0. The molecular formula is C54H66N2. The fourth-order valence-corrected chi connectivity index (χ4v) is 9.19. The highest BCUT2D eigenvalue weighted by Gasteiger charge is 2.30. The predicted octanol–water partition coefficient (Wildman–Crippen LogP) is 12.0. The summed E-state index contributed by atoms with van der Waals surface area (Å²) in [4.78, 5) is 0. The molecule has 0 aromatic heterocycles.